The van der Waals surface area contributed by atoms with E-state index in [1.54, 1.807) is 18.2 Å². The Kier molecular flexibility index (Phi) is 8.59. The molecule has 7 heteroatoms. The maximum atomic E-state index is 12.9. The highest BCUT2D eigenvalue weighted by atomic mass is 28.4. The average Bonchev–Trinajstić information content (AvgIpc) is 3.05. The van der Waals surface area contributed by atoms with Crippen LogP contribution in [0, 0.1) is 5.92 Å². The summed E-state index contributed by atoms with van der Waals surface area (Å²) in [5, 5.41) is 9.22. The number of allylic oxidation sites excluding steroid dienone is 1. The van der Waals surface area contributed by atoms with Crippen LogP contribution < -0.4 is 0 Å². The van der Waals surface area contributed by atoms with Crippen LogP contribution >= 0.6 is 0 Å². The molecule has 0 aromatic heterocycles. The fraction of sp³-hybridized carbons (Fsp3) is 0.560. The molecule has 1 aromatic rings. The number of hydrogen-bond donors (Lipinski definition) is 1. The topological polar surface area (TPSA) is 83.9 Å². The second-order valence-electron chi connectivity index (χ2n) is 10.2. The van der Waals surface area contributed by atoms with Crippen LogP contribution in [0.3, 0.4) is 0 Å². The molecule has 1 N–H and O–H groups in total. The Labute approximate surface area is 192 Å². The third-order valence-corrected chi connectivity index (χ3v) is 11.2. The lowest BCUT2D eigenvalue weighted by molar-refractivity contribution is -0.139. The lowest BCUT2D eigenvalue weighted by atomic mass is 10.0. The predicted molar refractivity (Wildman–Crippen MR) is 128 cm³/mol. The fourth-order valence-corrected chi connectivity index (χ4v) is 5.04. The number of nitrogens with zero attached hydrogens (tertiary/aromatic N) is 1. The molecule has 1 aliphatic heterocycles. The van der Waals surface area contributed by atoms with Crippen molar-refractivity contribution in [3.63, 3.8) is 0 Å². The number of hydrogen-bond acceptors (Lipinski definition) is 4. The van der Waals surface area contributed by atoms with Crippen LogP contribution in [0.25, 0.3) is 0 Å². The number of aliphatic carboxylic acids is 1. The fourth-order valence-electron chi connectivity index (χ4n) is 3.69. The minimum absolute atomic E-state index is 0.0169. The first kappa shape index (κ1) is 26.0. The van der Waals surface area contributed by atoms with E-state index in [0.717, 1.165) is 6.42 Å². The van der Waals surface area contributed by atoms with Crippen LogP contribution in [0.2, 0.25) is 18.1 Å². The molecule has 0 aliphatic carbocycles. The molecule has 1 saturated heterocycles. The minimum Gasteiger partial charge on any atom is -0.481 e. The first-order valence-electron chi connectivity index (χ1n) is 11.3. The van der Waals surface area contributed by atoms with Crippen molar-refractivity contribution in [1.29, 1.82) is 0 Å². The summed E-state index contributed by atoms with van der Waals surface area (Å²) in [6.45, 7) is 13.1. The van der Waals surface area contributed by atoms with Crippen molar-refractivity contribution < 1.29 is 23.9 Å². The molecular weight excluding hydrogens is 422 g/mol. The van der Waals surface area contributed by atoms with Gasteiger partial charge < -0.3 is 14.4 Å². The van der Waals surface area contributed by atoms with Crippen LogP contribution in [0.1, 0.15) is 57.3 Å². The monoisotopic (exact) mass is 459 g/mol. The molecule has 0 radical (unpaired) electrons. The average molecular weight is 460 g/mol. The highest BCUT2D eigenvalue weighted by Gasteiger charge is 2.40. The molecule has 3 atom stereocenters. The molecule has 0 saturated carbocycles. The van der Waals surface area contributed by atoms with Crippen LogP contribution in [0.5, 0.6) is 0 Å². The normalized spacial score (nSPS) is 20.5. The van der Waals surface area contributed by atoms with Crippen molar-refractivity contribution in [2.75, 3.05) is 6.54 Å². The molecule has 0 bridgehead atoms. The van der Waals surface area contributed by atoms with Gasteiger partial charge in [-0.2, -0.15) is 0 Å². The second kappa shape index (κ2) is 10.6. The summed E-state index contributed by atoms with van der Waals surface area (Å²) >= 11 is 0. The van der Waals surface area contributed by atoms with E-state index in [4.69, 9.17) is 4.43 Å². The molecule has 1 aliphatic rings. The highest BCUT2D eigenvalue weighted by Crippen LogP contribution is 2.38. The number of carbonyl (C=O) groups excluding carboxylic acids is 2. The largest absolute Gasteiger partial charge is 0.481 e. The summed E-state index contributed by atoms with van der Waals surface area (Å²) in [7, 11) is -2.22. The number of carboxylic acid groups (broad SMARTS) is 1. The molecule has 2 rings (SSSR count). The van der Waals surface area contributed by atoms with Gasteiger partial charge in [-0.15, -0.1) is 0 Å². The second-order valence-corrected chi connectivity index (χ2v) is 15.0. The van der Waals surface area contributed by atoms with Gasteiger partial charge in [0.2, 0.25) is 0 Å². The van der Waals surface area contributed by atoms with Gasteiger partial charge in [0.25, 0.3) is 5.91 Å². The van der Waals surface area contributed by atoms with Crippen LogP contribution in [-0.2, 0) is 14.0 Å². The third-order valence-electron chi connectivity index (χ3n) is 6.63. The van der Waals surface area contributed by atoms with E-state index in [9.17, 15) is 19.5 Å². The summed E-state index contributed by atoms with van der Waals surface area (Å²) in [5.41, 5.74) is 0.635. The van der Waals surface area contributed by atoms with Gasteiger partial charge in [0, 0.05) is 18.5 Å². The summed E-state index contributed by atoms with van der Waals surface area (Å²) in [4.78, 5) is 38.8. The molecule has 1 fully saturated rings. The molecule has 0 unspecified atom stereocenters. The van der Waals surface area contributed by atoms with Gasteiger partial charge in [-0.3, -0.25) is 14.4 Å². The Morgan fingerprint density at radius 3 is 2.38 bits per heavy atom. The van der Waals surface area contributed by atoms with Crippen LogP contribution in [-0.4, -0.2) is 54.7 Å². The van der Waals surface area contributed by atoms with Crippen molar-refractivity contribution >= 4 is 26.0 Å². The first-order chi connectivity index (χ1) is 14.8. The van der Waals surface area contributed by atoms with Crippen molar-refractivity contribution in [1.82, 2.24) is 4.90 Å². The van der Waals surface area contributed by atoms with E-state index < -0.39 is 20.4 Å². The standard InChI is InChI=1S/C25H37NO5Si/c1-18-14-15-26(24(30)19-10-8-7-9-11-19)22(18)13-12-20(27)16-21(17-23(28)29)31-32(5,6)25(2,3)4/h7-13,18,21-22H,14-17H2,1-6H3,(H,28,29)/t18-,21-,22-/m1/s1. The maximum Gasteiger partial charge on any atom is 0.305 e. The van der Waals surface area contributed by atoms with Crippen molar-refractivity contribution in [2.24, 2.45) is 5.92 Å². The first-order valence-corrected chi connectivity index (χ1v) is 14.2. The van der Waals surface area contributed by atoms with Gasteiger partial charge in [-0.25, -0.2) is 0 Å². The number of ketones is 1. The van der Waals surface area contributed by atoms with Gasteiger partial charge in [0.05, 0.1) is 18.6 Å². The number of benzene rings is 1. The highest BCUT2D eigenvalue weighted by molar-refractivity contribution is 6.74. The SMILES string of the molecule is C[C@@H]1CCN(C(=O)c2ccccc2)[C@@H]1C=CC(=O)C[C@H](CC(=O)O)O[Si](C)(C)C(C)(C)C. The van der Waals surface area contributed by atoms with E-state index in [2.05, 4.69) is 40.8 Å². The van der Waals surface area contributed by atoms with E-state index in [1.807, 2.05) is 23.1 Å². The zero-order chi connectivity index (χ0) is 24.1. The number of carbonyl (C=O) groups is 3. The molecule has 1 aromatic carbocycles. The number of likely N-dealkylation sites (tertiary alicyclic amines) is 1. The third kappa shape index (κ3) is 6.87. The zero-order valence-electron chi connectivity index (χ0n) is 20.1. The molecule has 0 spiro atoms. The molecule has 6 nitrogen and oxygen atoms in total. The predicted octanol–water partition coefficient (Wildman–Crippen LogP) is 4.92. The van der Waals surface area contributed by atoms with Crippen LogP contribution in [0.4, 0.5) is 0 Å². The van der Waals surface area contributed by atoms with Crippen LogP contribution in [0.15, 0.2) is 42.5 Å². The van der Waals surface area contributed by atoms with E-state index in [-0.39, 0.29) is 41.5 Å². The van der Waals surface area contributed by atoms with E-state index in [1.165, 1.54) is 6.08 Å². The van der Waals surface area contributed by atoms with Gasteiger partial charge in [-0.1, -0.05) is 52.0 Å². The number of amides is 1. The maximum absolute atomic E-state index is 12.9. The Morgan fingerprint density at radius 2 is 1.81 bits per heavy atom. The zero-order valence-corrected chi connectivity index (χ0v) is 21.1. The number of rotatable bonds is 9. The Bertz CT molecular complexity index is 844. The van der Waals surface area contributed by atoms with Gasteiger partial charge in [0.1, 0.15) is 0 Å². The van der Waals surface area contributed by atoms with E-state index in [0.29, 0.717) is 12.1 Å². The summed E-state index contributed by atoms with van der Waals surface area (Å²) in [6.07, 6.45) is 3.33. The lowest BCUT2D eigenvalue weighted by Crippen LogP contribution is -2.44. The Morgan fingerprint density at radius 1 is 1.19 bits per heavy atom. The van der Waals surface area contributed by atoms with Gasteiger partial charge >= 0.3 is 5.97 Å². The Balaban J connectivity index is 2.09. The number of carboxylic acids is 1. The summed E-state index contributed by atoms with van der Waals surface area (Å²) in [6, 6.07) is 8.99. The van der Waals surface area contributed by atoms with E-state index >= 15 is 0 Å². The summed E-state index contributed by atoms with van der Waals surface area (Å²) in [5.74, 6) is -0.956. The van der Waals surface area contributed by atoms with Gasteiger partial charge in [0.15, 0.2) is 14.1 Å². The quantitative estimate of drug-likeness (QED) is 0.419. The van der Waals surface area contributed by atoms with Gasteiger partial charge in [-0.05, 0) is 48.7 Å². The minimum atomic E-state index is -2.22. The van der Waals surface area contributed by atoms with Crippen molar-refractivity contribution in [2.45, 2.75) is 77.2 Å². The van der Waals surface area contributed by atoms with Crippen molar-refractivity contribution in [3.05, 3.63) is 48.0 Å². The molecule has 32 heavy (non-hydrogen) atoms. The lowest BCUT2D eigenvalue weighted by Gasteiger charge is -2.38. The summed E-state index contributed by atoms with van der Waals surface area (Å²) < 4.78 is 6.23. The smallest absolute Gasteiger partial charge is 0.305 e. The molecular formula is C25H37NO5Si. The molecule has 176 valence electrons. The molecule has 1 heterocycles. The van der Waals surface area contributed by atoms with Crippen molar-refractivity contribution in [3.8, 4) is 0 Å². The Hall–Kier alpha value is -2.25. The molecule has 1 amide bonds.